The van der Waals surface area contributed by atoms with Gasteiger partial charge in [0.25, 0.3) is 0 Å². The van der Waals surface area contributed by atoms with Crippen molar-refractivity contribution in [2.24, 2.45) is 5.73 Å². The maximum atomic E-state index is 12.5. The van der Waals surface area contributed by atoms with Crippen LogP contribution in [0.1, 0.15) is 142 Å². The van der Waals surface area contributed by atoms with E-state index in [0.29, 0.717) is 12.8 Å². The van der Waals surface area contributed by atoms with Crippen molar-refractivity contribution in [1.29, 1.82) is 0 Å². The van der Waals surface area contributed by atoms with Gasteiger partial charge in [-0.05, 0) is 12.8 Å². The van der Waals surface area contributed by atoms with Gasteiger partial charge in [-0.15, -0.1) is 0 Å². The third-order valence-electron chi connectivity index (χ3n) is 6.71. The van der Waals surface area contributed by atoms with Crippen molar-refractivity contribution in [2.75, 3.05) is 19.8 Å². The number of hydrogen-bond acceptors (Lipinski definition) is 6. The van der Waals surface area contributed by atoms with Crippen LogP contribution in [0.2, 0.25) is 0 Å². The maximum Gasteiger partial charge on any atom is 0.472 e. The summed E-state index contributed by atoms with van der Waals surface area (Å²) < 4.78 is 21.9. The molecule has 0 aliphatic rings. The molecule has 0 fully saturated rings. The molecule has 0 rings (SSSR count). The largest absolute Gasteiger partial charge is 0.472 e. The summed E-state index contributed by atoms with van der Waals surface area (Å²) in [5.41, 5.74) is 5.32. The van der Waals surface area contributed by atoms with Crippen molar-refractivity contribution >= 4 is 13.7 Å². The lowest BCUT2D eigenvalue weighted by Gasteiger charge is -2.25. The minimum absolute atomic E-state index is 0.0913. The first-order chi connectivity index (χ1) is 17.9. The fourth-order valence-corrected chi connectivity index (χ4v) is 5.13. The summed E-state index contributed by atoms with van der Waals surface area (Å²) >= 11 is 0. The van der Waals surface area contributed by atoms with Crippen molar-refractivity contribution in [3.05, 3.63) is 0 Å². The summed E-state index contributed by atoms with van der Waals surface area (Å²) in [7, 11) is -4.28. The third kappa shape index (κ3) is 24.3. The first-order valence-electron chi connectivity index (χ1n) is 15.2. The lowest BCUT2D eigenvalue weighted by molar-refractivity contribution is -0.123. The van der Waals surface area contributed by atoms with Crippen LogP contribution < -0.4 is 11.1 Å². The number of nitrogens with one attached hydrogen (secondary N) is 1. The molecule has 0 aromatic rings. The Balaban J connectivity index is 4.37. The van der Waals surface area contributed by atoms with E-state index in [1.54, 1.807) is 0 Å². The molecule has 37 heavy (non-hydrogen) atoms. The zero-order valence-electron chi connectivity index (χ0n) is 24.0. The van der Waals surface area contributed by atoms with Crippen LogP contribution in [0, 0.1) is 0 Å². The molecule has 0 saturated carbocycles. The predicted octanol–water partition coefficient (Wildman–Crippen LogP) is 6.77. The van der Waals surface area contributed by atoms with Gasteiger partial charge >= 0.3 is 7.82 Å². The van der Waals surface area contributed by atoms with Crippen LogP contribution in [0.25, 0.3) is 0 Å². The van der Waals surface area contributed by atoms with Crippen LogP contribution >= 0.6 is 7.82 Å². The van der Waals surface area contributed by atoms with Gasteiger partial charge in [-0.3, -0.25) is 13.8 Å². The van der Waals surface area contributed by atoms with Gasteiger partial charge in [-0.2, -0.15) is 0 Å². The topological polar surface area (TPSA) is 131 Å². The highest BCUT2D eigenvalue weighted by Crippen LogP contribution is 2.43. The summed E-state index contributed by atoms with van der Waals surface area (Å²) in [6, 6.07) is -0.762. The van der Waals surface area contributed by atoms with Crippen LogP contribution in [0.4, 0.5) is 0 Å². The second-order valence-corrected chi connectivity index (χ2v) is 11.8. The number of carbonyl (C=O) groups is 1. The van der Waals surface area contributed by atoms with Crippen LogP contribution in [-0.4, -0.2) is 47.8 Å². The molecule has 0 heterocycles. The van der Waals surface area contributed by atoms with Gasteiger partial charge in [-0.1, -0.05) is 123 Å². The van der Waals surface area contributed by atoms with Gasteiger partial charge in [0, 0.05) is 13.0 Å². The molecular weight excluding hydrogens is 491 g/mol. The van der Waals surface area contributed by atoms with Gasteiger partial charge < -0.3 is 21.1 Å². The lowest BCUT2D eigenvalue weighted by Crippen LogP contribution is -2.46. The number of amides is 1. The lowest BCUT2D eigenvalue weighted by atomic mass is 10.0. The Hall–Kier alpha value is -0.500. The fraction of sp³-hybridized carbons (Fsp3) is 0.964. The van der Waals surface area contributed by atoms with Gasteiger partial charge in [0.1, 0.15) is 0 Å². The van der Waals surface area contributed by atoms with Crippen molar-refractivity contribution in [3.63, 3.8) is 0 Å². The Morgan fingerprint density at radius 2 is 1.24 bits per heavy atom. The highest BCUT2D eigenvalue weighted by Gasteiger charge is 2.27. The van der Waals surface area contributed by atoms with Crippen LogP contribution in [0.3, 0.4) is 0 Å². The number of phosphoric ester groups is 1. The van der Waals surface area contributed by atoms with E-state index >= 15 is 0 Å². The van der Waals surface area contributed by atoms with Crippen molar-refractivity contribution < 1.29 is 28.4 Å². The van der Waals surface area contributed by atoms with Gasteiger partial charge in [0.05, 0.1) is 25.4 Å². The first-order valence-corrected chi connectivity index (χ1v) is 16.6. The van der Waals surface area contributed by atoms with Crippen LogP contribution in [-0.2, 0) is 18.4 Å². The van der Waals surface area contributed by atoms with E-state index in [0.717, 1.165) is 38.5 Å². The second-order valence-electron chi connectivity index (χ2n) is 10.3. The van der Waals surface area contributed by atoms with E-state index in [-0.39, 0.29) is 25.7 Å². The standard InChI is InChI=1S/C28H59N2O6P/c1-3-5-7-9-11-12-13-14-16-17-19-21-27(31)26(25-36-37(33,34)35-24-23-29)30-28(32)22-20-18-15-10-8-6-4-2/h26-27,31H,3-25,29H2,1-2H3,(H,30,32)(H,33,34)/t26-,27+/m0/s1. The molecule has 0 spiro atoms. The Kier molecular flexibility index (Phi) is 25.4. The minimum Gasteiger partial charge on any atom is -0.391 e. The molecule has 0 aliphatic heterocycles. The molecule has 8 nitrogen and oxygen atoms in total. The number of aliphatic hydroxyl groups is 1. The van der Waals surface area contributed by atoms with E-state index in [9.17, 15) is 19.4 Å². The fourth-order valence-electron chi connectivity index (χ4n) is 4.37. The average molecular weight is 551 g/mol. The molecule has 222 valence electrons. The first kappa shape index (κ1) is 36.5. The molecule has 0 bridgehead atoms. The molecule has 5 N–H and O–H groups in total. The molecule has 0 radical (unpaired) electrons. The summed E-state index contributed by atoms with van der Waals surface area (Å²) in [4.78, 5) is 22.3. The molecule has 1 amide bonds. The maximum absolute atomic E-state index is 12.5. The van der Waals surface area contributed by atoms with E-state index in [4.69, 9.17) is 14.8 Å². The predicted molar refractivity (Wildman–Crippen MR) is 152 cm³/mol. The molecule has 0 saturated heterocycles. The van der Waals surface area contributed by atoms with Gasteiger partial charge in [0.15, 0.2) is 0 Å². The van der Waals surface area contributed by atoms with E-state index in [1.165, 1.54) is 77.0 Å². The van der Waals surface area contributed by atoms with Crippen LogP contribution in [0.15, 0.2) is 0 Å². The number of carbonyl (C=O) groups excluding carboxylic acids is 1. The number of hydrogen-bond donors (Lipinski definition) is 4. The SMILES string of the molecule is CCCCCCCCCCCCC[C@@H](O)[C@H](COP(=O)(O)OCCN)NC(=O)CCCCCCCCC. The Morgan fingerprint density at radius 1 is 0.784 bits per heavy atom. The molecule has 3 atom stereocenters. The number of nitrogens with two attached hydrogens (primary N) is 1. The summed E-state index contributed by atoms with van der Waals surface area (Å²) in [5, 5.41) is 13.6. The zero-order chi connectivity index (χ0) is 27.6. The summed E-state index contributed by atoms with van der Waals surface area (Å²) in [6.07, 6.45) is 21.2. The van der Waals surface area contributed by atoms with Gasteiger partial charge in [0.2, 0.25) is 5.91 Å². The van der Waals surface area contributed by atoms with Crippen LogP contribution in [0.5, 0.6) is 0 Å². The number of unbranched alkanes of at least 4 members (excludes halogenated alkanes) is 16. The van der Waals surface area contributed by atoms with Crippen molar-refractivity contribution in [3.8, 4) is 0 Å². The summed E-state index contributed by atoms with van der Waals surface area (Å²) in [5.74, 6) is -0.171. The smallest absolute Gasteiger partial charge is 0.391 e. The van der Waals surface area contributed by atoms with Crippen molar-refractivity contribution in [1.82, 2.24) is 5.32 Å². The second kappa shape index (κ2) is 25.8. The minimum atomic E-state index is -4.28. The molecule has 1 unspecified atom stereocenters. The monoisotopic (exact) mass is 550 g/mol. The molecule has 9 heteroatoms. The quantitative estimate of drug-likeness (QED) is 0.0625. The normalized spacial score (nSPS) is 14.8. The molecule has 0 aliphatic carbocycles. The number of phosphoric acid groups is 1. The molecule has 0 aromatic carbocycles. The Labute approximate surface area is 227 Å². The zero-order valence-corrected chi connectivity index (χ0v) is 24.9. The highest BCUT2D eigenvalue weighted by atomic mass is 31.2. The van der Waals surface area contributed by atoms with Gasteiger partial charge in [-0.25, -0.2) is 4.57 Å². The molecule has 0 aromatic heterocycles. The Morgan fingerprint density at radius 3 is 1.73 bits per heavy atom. The molecular formula is C28H59N2O6P. The number of aliphatic hydroxyl groups excluding tert-OH is 1. The van der Waals surface area contributed by atoms with E-state index in [2.05, 4.69) is 19.2 Å². The van der Waals surface area contributed by atoms with E-state index in [1.807, 2.05) is 0 Å². The highest BCUT2D eigenvalue weighted by molar-refractivity contribution is 7.47. The summed E-state index contributed by atoms with van der Waals surface area (Å²) in [6.45, 7) is 4.12. The van der Waals surface area contributed by atoms with Crippen molar-refractivity contribution in [2.45, 2.75) is 154 Å². The third-order valence-corrected chi connectivity index (χ3v) is 7.70. The number of rotatable bonds is 28. The Bertz CT molecular complexity index is 567. The van der Waals surface area contributed by atoms with E-state index < -0.39 is 20.0 Å². The average Bonchev–Trinajstić information content (AvgIpc) is 2.87.